The van der Waals surface area contributed by atoms with Crippen molar-refractivity contribution in [1.82, 2.24) is 58.5 Å². The van der Waals surface area contributed by atoms with Gasteiger partial charge < -0.3 is 68.3 Å². The molecule has 0 saturated carbocycles. The van der Waals surface area contributed by atoms with Crippen molar-refractivity contribution in [3.05, 3.63) is 108 Å². The highest BCUT2D eigenvalue weighted by Gasteiger charge is 2.42. The summed E-state index contributed by atoms with van der Waals surface area (Å²) < 4.78 is 5.57. The molecule has 0 spiro atoms. The Morgan fingerprint density at radius 2 is 1.00 bits per heavy atom. The minimum atomic E-state index is -1.15. The third-order valence-electron chi connectivity index (χ3n) is 17.7. The quantitative estimate of drug-likeness (QED) is 0.0142. The fourth-order valence-electron chi connectivity index (χ4n) is 12.4. The molecule has 0 aliphatic carbocycles. The van der Waals surface area contributed by atoms with E-state index in [1.165, 1.54) is 10.8 Å². The Kier molecular flexibility index (Phi) is 42.4. The summed E-state index contributed by atoms with van der Waals surface area (Å²) in [7, 11) is 3.03. The van der Waals surface area contributed by atoms with Crippen molar-refractivity contribution in [3.63, 3.8) is 0 Å². The summed E-state index contributed by atoms with van der Waals surface area (Å²) in [6, 6.07) is 26.5. The molecule has 2 saturated heterocycles. The lowest BCUT2D eigenvalue weighted by atomic mass is 9.88. The van der Waals surface area contributed by atoms with Crippen LogP contribution in [0.2, 0.25) is 0 Å². The van der Waals surface area contributed by atoms with E-state index in [0.29, 0.717) is 114 Å². The van der Waals surface area contributed by atoms with Gasteiger partial charge in [0.15, 0.2) is 0 Å². The van der Waals surface area contributed by atoms with Crippen LogP contribution in [-0.4, -0.2) is 168 Å². The van der Waals surface area contributed by atoms with Gasteiger partial charge in [0, 0.05) is 107 Å². The SMILES string of the molecule is CC(C)C[C@H](CC(=O)N[C@@H](Cc1ccccc1)C(=O)NCCCCCNC(=O)CCCCCNC(=O)CCCCCNC(=O)CCCCCNC(=O)CSSCCNC(=O)CCCC[C@@H]1SCC2NC(=O)NC21)NC(=O)[C@@H](Cc1ccccc1)C[C@H](O)[C@@H](Cc1ccccc1)NC(=O)OC(C)(C)C. The number of amides is 11. The average molecular weight is 1490 g/mol. The van der Waals surface area contributed by atoms with Gasteiger partial charge in [0.1, 0.15) is 11.6 Å². The maximum absolute atomic E-state index is 14.5. The number of thioether (sulfide) groups is 1. The van der Waals surface area contributed by atoms with Crippen molar-refractivity contribution in [2.75, 3.05) is 56.5 Å². The molecule has 2 fully saturated rings. The van der Waals surface area contributed by atoms with Crippen LogP contribution in [0.1, 0.15) is 193 Å². The number of hydrogen-bond donors (Lipinski definition) is 12. The van der Waals surface area contributed by atoms with Crippen LogP contribution >= 0.6 is 33.3 Å². The standard InChI is InChI=1S/C77H119N11O12S3/c1-55(2)47-60(84-73(96)59(48-56-29-13-6-14-30-56)51-64(89)61(49-57-31-15-7-16-32-57)87-76(99)100-77(3,4)5)52-70(94)85-62(50-58-33-17-8-18-34-58)74(97)83-44-28-12-27-42-80-68(92)37-20-10-25-40-78-66(90)36-19-9-24-41-79-67(91)38-21-11-26-43-81-71(95)54-103-102-46-45-82-69(93)39-23-22-35-65-72-63(53-101-65)86-75(98)88-72/h6-8,13-18,29-34,55,59-65,72,89H,9-12,19-28,35-54H2,1-5H3,(H,78,90)(H,79,91)(H,80,92)(H,81,95)(H,82,93)(H,83,97)(H,84,96)(H,85,94)(H,87,99)(H2,86,88,98)/t59-,60+,61+,62-,63?,64-,65-,72?/m0/s1. The second kappa shape index (κ2) is 50.4. The van der Waals surface area contributed by atoms with Crippen LogP contribution < -0.4 is 58.5 Å². The maximum Gasteiger partial charge on any atom is 0.407 e. The van der Waals surface area contributed by atoms with Crippen molar-refractivity contribution in [2.24, 2.45) is 11.8 Å². The first-order valence-electron chi connectivity index (χ1n) is 37.5. The Hall–Kier alpha value is -7.03. The van der Waals surface area contributed by atoms with E-state index in [0.717, 1.165) is 106 Å². The lowest BCUT2D eigenvalue weighted by Crippen LogP contribution is -2.51. The Morgan fingerprint density at radius 3 is 1.52 bits per heavy atom. The van der Waals surface area contributed by atoms with Gasteiger partial charge in [-0.2, -0.15) is 11.8 Å². The van der Waals surface area contributed by atoms with Gasteiger partial charge in [-0.05, 0) is 140 Å². The molecule has 0 aromatic heterocycles. The van der Waals surface area contributed by atoms with Crippen LogP contribution in [0.15, 0.2) is 91.0 Å². The normalized spacial score (nSPS) is 16.1. The van der Waals surface area contributed by atoms with Crippen molar-refractivity contribution >= 4 is 92.7 Å². The number of benzene rings is 3. The number of fused-ring (bicyclic) bond motifs is 1. The highest BCUT2D eigenvalue weighted by atomic mass is 33.1. The molecule has 5 rings (SSSR count). The number of carbonyl (C=O) groups excluding carboxylic acids is 10. The van der Waals surface area contributed by atoms with Crippen molar-refractivity contribution in [3.8, 4) is 0 Å². The number of urea groups is 1. The van der Waals surface area contributed by atoms with Crippen molar-refractivity contribution in [2.45, 2.75) is 242 Å². The Bertz CT molecular complexity index is 3010. The molecule has 2 aliphatic rings. The molecule has 0 radical (unpaired) electrons. The van der Waals surface area contributed by atoms with Gasteiger partial charge in [-0.1, -0.05) is 152 Å². The fourth-order valence-corrected chi connectivity index (χ4v) is 15.7. The van der Waals surface area contributed by atoms with Gasteiger partial charge in [-0.25, -0.2) is 9.59 Å². The smallest absolute Gasteiger partial charge is 0.407 e. The second-order valence-electron chi connectivity index (χ2n) is 28.5. The highest BCUT2D eigenvalue weighted by Crippen LogP contribution is 2.33. The zero-order valence-corrected chi connectivity index (χ0v) is 64.0. The summed E-state index contributed by atoms with van der Waals surface area (Å²) in [6.45, 7) is 12.4. The molecule has 23 nitrogen and oxygen atoms in total. The number of hydrogen-bond acceptors (Lipinski definition) is 15. The monoisotopic (exact) mass is 1490 g/mol. The number of unbranched alkanes of at least 4 members (excludes halogenated alkanes) is 9. The molecule has 2 aliphatic heterocycles. The van der Waals surface area contributed by atoms with Crippen LogP contribution in [0.5, 0.6) is 0 Å². The number of nitrogens with one attached hydrogen (secondary N) is 11. The number of ether oxygens (including phenoxy) is 1. The largest absolute Gasteiger partial charge is 0.444 e. The first kappa shape index (κ1) is 86.6. The Balaban J connectivity index is 0.857. The molecule has 8 atom stereocenters. The van der Waals surface area contributed by atoms with Gasteiger partial charge >= 0.3 is 12.1 Å². The van der Waals surface area contributed by atoms with E-state index in [1.54, 1.807) is 31.6 Å². The minimum absolute atomic E-state index is 0.00374. The van der Waals surface area contributed by atoms with E-state index in [9.17, 15) is 53.1 Å². The number of aliphatic hydroxyl groups is 1. The summed E-state index contributed by atoms with van der Waals surface area (Å²) in [5.74, 6) is 0.259. The molecule has 572 valence electrons. The molecule has 0 bridgehead atoms. The molecular formula is C77H119N11O12S3. The number of aliphatic hydroxyl groups excluding tert-OH is 1. The maximum atomic E-state index is 14.5. The van der Waals surface area contributed by atoms with E-state index in [-0.39, 0.29) is 84.6 Å². The van der Waals surface area contributed by atoms with E-state index >= 15 is 0 Å². The van der Waals surface area contributed by atoms with Gasteiger partial charge in [-0.15, -0.1) is 0 Å². The molecule has 3 aromatic rings. The second-order valence-corrected chi connectivity index (χ2v) is 32.3. The van der Waals surface area contributed by atoms with E-state index in [2.05, 4.69) is 58.5 Å². The first-order chi connectivity index (χ1) is 49.6. The molecule has 12 N–H and O–H groups in total. The van der Waals surface area contributed by atoms with E-state index in [1.807, 2.05) is 117 Å². The first-order valence-corrected chi connectivity index (χ1v) is 41.1. The Labute approximate surface area is 623 Å². The average Bonchev–Trinajstić information content (AvgIpc) is 1.68. The predicted molar refractivity (Wildman–Crippen MR) is 412 cm³/mol. The van der Waals surface area contributed by atoms with Crippen LogP contribution in [0, 0.1) is 11.8 Å². The zero-order valence-electron chi connectivity index (χ0n) is 61.6. The molecule has 26 heteroatoms. The predicted octanol–water partition coefficient (Wildman–Crippen LogP) is 9.04. The molecule has 3 aromatic carbocycles. The van der Waals surface area contributed by atoms with Crippen LogP contribution in [0.4, 0.5) is 9.59 Å². The van der Waals surface area contributed by atoms with Gasteiger partial charge in [0.2, 0.25) is 47.3 Å². The molecule has 2 unspecified atom stereocenters. The van der Waals surface area contributed by atoms with Gasteiger partial charge in [0.05, 0.1) is 30.0 Å². The van der Waals surface area contributed by atoms with Crippen molar-refractivity contribution < 1.29 is 57.8 Å². The fraction of sp³-hybridized carbons (Fsp3) is 0.636. The van der Waals surface area contributed by atoms with E-state index < -0.39 is 47.7 Å². The summed E-state index contributed by atoms with van der Waals surface area (Å²) in [4.78, 5) is 129. The Morgan fingerprint density at radius 1 is 0.524 bits per heavy atom. The summed E-state index contributed by atoms with van der Waals surface area (Å²) >= 11 is 1.89. The molecular weight excluding hydrogens is 1370 g/mol. The van der Waals surface area contributed by atoms with Gasteiger partial charge in [0.25, 0.3) is 0 Å². The number of alkyl carbamates (subject to hydrolysis) is 1. The zero-order chi connectivity index (χ0) is 74.5. The minimum Gasteiger partial charge on any atom is -0.444 e. The van der Waals surface area contributed by atoms with Gasteiger partial charge in [-0.3, -0.25) is 38.4 Å². The molecule has 11 amide bonds. The number of carbonyl (C=O) groups is 10. The third kappa shape index (κ3) is 39.6. The lowest BCUT2D eigenvalue weighted by Gasteiger charge is -2.30. The van der Waals surface area contributed by atoms with E-state index in [4.69, 9.17) is 4.74 Å². The summed E-state index contributed by atoms with van der Waals surface area (Å²) in [6.07, 6.45) is 13.0. The topological polar surface area (TPSA) is 332 Å². The summed E-state index contributed by atoms with van der Waals surface area (Å²) in [5, 5.41) is 45.1. The van der Waals surface area contributed by atoms with Crippen LogP contribution in [-0.2, 0) is 62.4 Å². The van der Waals surface area contributed by atoms with Crippen molar-refractivity contribution in [1.29, 1.82) is 0 Å². The lowest BCUT2D eigenvalue weighted by molar-refractivity contribution is -0.130. The molecule has 103 heavy (non-hydrogen) atoms. The summed E-state index contributed by atoms with van der Waals surface area (Å²) in [5.41, 5.74) is 1.86. The van der Waals surface area contributed by atoms with Crippen LogP contribution in [0.3, 0.4) is 0 Å². The number of rotatable bonds is 53. The highest BCUT2D eigenvalue weighted by molar-refractivity contribution is 8.76. The molecule has 2 heterocycles. The third-order valence-corrected chi connectivity index (χ3v) is 21.5. The van der Waals surface area contributed by atoms with Crippen LogP contribution in [0.25, 0.3) is 0 Å².